The van der Waals surface area contributed by atoms with Crippen LogP contribution in [0.5, 0.6) is 11.5 Å². The first-order valence-electron chi connectivity index (χ1n) is 9.02. The quantitative estimate of drug-likeness (QED) is 0.334. The third kappa shape index (κ3) is 6.41. The van der Waals surface area contributed by atoms with Gasteiger partial charge in [0.2, 0.25) is 9.84 Å². The average molecular weight is 496 g/mol. The first-order chi connectivity index (χ1) is 14.2. The van der Waals surface area contributed by atoms with E-state index in [-0.39, 0.29) is 38.1 Å². The minimum atomic E-state index is -3.86. The first-order valence-corrected chi connectivity index (χ1v) is 11.8. The van der Waals surface area contributed by atoms with Gasteiger partial charge in [-0.1, -0.05) is 30.1 Å². The molecule has 0 saturated heterocycles. The number of rotatable bonds is 10. The molecule has 0 aliphatic rings. The summed E-state index contributed by atoms with van der Waals surface area (Å²) >= 11 is 18.2. The molecule has 10 heteroatoms. The van der Waals surface area contributed by atoms with Crippen molar-refractivity contribution in [2.45, 2.75) is 36.2 Å². The minimum absolute atomic E-state index is 0.000113. The Labute approximate surface area is 190 Å². The molecule has 0 heterocycles. The number of hydrogen-bond acceptors (Lipinski definition) is 6. The highest BCUT2D eigenvalue weighted by Gasteiger charge is 2.22. The maximum atomic E-state index is 12.9. The van der Waals surface area contributed by atoms with E-state index < -0.39 is 21.9 Å². The van der Waals surface area contributed by atoms with E-state index in [2.05, 4.69) is 0 Å². The van der Waals surface area contributed by atoms with Crippen molar-refractivity contribution in [1.82, 2.24) is 0 Å². The fourth-order valence-corrected chi connectivity index (χ4v) is 4.61. The number of sulfone groups is 1. The van der Waals surface area contributed by atoms with Gasteiger partial charge >= 0.3 is 5.97 Å². The van der Waals surface area contributed by atoms with Crippen LogP contribution in [0, 0.1) is 0 Å². The molecule has 6 nitrogen and oxygen atoms in total. The van der Waals surface area contributed by atoms with Gasteiger partial charge in [0.05, 0.1) is 32.3 Å². The Bertz CT molecular complexity index is 954. The van der Waals surface area contributed by atoms with Crippen molar-refractivity contribution < 1.29 is 27.4 Å². The summed E-state index contributed by atoms with van der Waals surface area (Å²) in [6, 6.07) is 8.59. The summed E-state index contributed by atoms with van der Waals surface area (Å²) in [6.07, 6.45) is 0.144. The summed E-state index contributed by atoms with van der Waals surface area (Å²) in [7, 11) is -3.86. The molecule has 0 aliphatic heterocycles. The van der Waals surface area contributed by atoms with Crippen LogP contribution in [0.15, 0.2) is 46.2 Å². The van der Waals surface area contributed by atoms with Crippen molar-refractivity contribution in [3.8, 4) is 11.5 Å². The number of alkyl halides is 1. The lowest BCUT2D eigenvalue weighted by atomic mass is 10.3. The third-order valence-electron chi connectivity index (χ3n) is 3.81. The Morgan fingerprint density at radius 3 is 2.13 bits per heavy atom. The molecular formula is C20H21Cl3O6S. The lowest BCUT2D eigenvalue weighted by molar-refractivity contribution is -0.146. The molecule has 0 unspecified atom stereocenters. The third-order valence-corrected chi connectivity index (χ3v) is 6.46. The van der Waals surface area contributed by atoms with E-state index in [1.54, 1.807) is 12.1 Å². The van der Waals surface area contributed by atoms with Crippen molar-refractivity contribution in [3.05, 3.63) is 46.4 Å². The van der Waals surface area contributed by atoms with Crippen LogP contribution in [-0.4, -0.2) is 39.6 Å². The summed E-state index contributed by atoms with van der Waals surface area (Å²) in [5, 5.41) is 0.000225. The molecule has 164 valence electrons. The van der Waals surface area contributed by atoms with E-state index in [0.29, 0.717) is 12.4 Å². The standard InChI is InChI=1S/C20H21Cl3O6S/c1-3-8-27-14-4-6-16(7-5-14)30(25,26)17-9-18(22)20(19(23)10-17)28-12-15(11-21)29-13(2)24/h4-7,9-10,15H,3,8,11-12H2,1-2H3/t15-/m0/s1. The van der Waals surface area contributed by atoms with Crippen LogP contribution in [0.2, 0.25) is 10.0 Å². The highest BCUT2D eigenvalue weighted by molar-refractivity contribution is 7.91. The molecule has 0 amide bonds. The highest BCUT2D eigenvalue weighted by Crippen LogP contribution is 2.37. The van der Waals surface area contributed by atoms with Crippen LogP contribution in [0.4, 0.5) is 0 Å². The van der Waals surface area contributed by atoms with Gasteiger partial charge < -0.3 is 14.2 Å². The van der Waals surface area contributed by atoms with Crippen LogP contribution in [0.1, 0.15) is 20.3 Å². The molecule has 0 aliphatic carbocycles. The van der Waals surface area contributed by atoms with Gasteiger partial charge in [0.15, 0.2) is 5.75 Å². The van der Waals surface area contributed by atoms with Crippen LogP contribution in [0.3, 0.4) is 0 Å². The predicted molar refractivity (Wildman–Crippen MR) is 116 cm³/mol. The van der Waals surface area contributed by atoms with E-state index >= 15 is 0 Å². The molecule has 0 fully saturated rings. The fourth-order valence-electron chi connectivity index (χ4n) is 2.42. The summed E-state index contributed by atoms with van der Waals surface area (Å²) < 4.78 is 41.8. The lowest BCUT2D eigenvalue weighted by Gasteiger charge is -2.17. The van der Waals surface area contributed by atoms with E-state index in [1.165, 1.54) is 31.2 Å². The number of esters is 1. The predicted octanol–water partition coefficient (Wildman–Crippen LogP) is 5.16. The number of benzene rings is 2. The zero-order chi connectivity index (χ0) is 22.3. The van der Waals surface area contributed by atoms with Crippen LogP contribution < -0.4 is 9.47 Å². The SMILES string of the molecule is CCCOc1ccc(S(=O)(=O)c2cc(Cl)c(OC[C@H](CCl)OC(C)=O)c(Cl)c2)cc1. The summed E-state index contributed by atoms with van der Waals surface area (Å²) in [6.45, 7) is 3.68. The van der Waals surface area contributed by atoms with Crippen molar-refractivity contribution in [3.63, 3.8) is 0 Å². The molecule has 30 heavy (non-hydrogen) atoms. The molecule has 1 atom stereocenters. The maximum Gasteiger partial charge on any atom is 0.303 e. The smallest absolute Gasteiger partial charge is 0.303 e. The van der Waals surface area contributed by atoms with E-state index in [0.717, 1.165) is 6.42 Å². The molecule has 0 saturated carbocycles. The Morgan fingerprint density at radius 2 is 1.63 bits per heavy atom. The second kappa shape index (κ2) is 11.1. The Hall–Kier alpha value is -1.67. The molecule has 2 aromatic carbocycles. The minimum Gasteiger partial charge on any atom is -0.494 e. The van der Waals surface area contributed by atoms with Gasteiger partial charge in [0.25, 0.3) is 0 Å². The molecule has 0 radical (unpaired) electrons. The van der Waals surface area contributed by atoms with Gasteiger partial charge in [-0.05, 0) is 42.8 Å². The summed E-state index contributed by atoms with van der Waals surface area (Å²) in [4.78, 5) is 11.0. The fraction of sp³-hybridized carbons (Fsp3) is 0.350. The molecule has 0 bridgehead atoms. The number of carbonyl (C=O) groups excluding carboxylic acids is 1. The van der Waals surface area contributed by atoms with E-state index in [9.17, 15) is 13.2 Å². The van der Waals surface area contributed by atoms with Gasteiger partial charge in [-0.2, -0.15) is 0 Å². The zero-order valence-electron chi connectivity index (χ0n) is 16.4. The number of carbonyl (C=O) groups is 1. The topological polar surface area (TPSA) is 78.9 Å². The summed E-state index contributed by atoms with van der Waals surface area (Å²) in [5.74, 6) is 0.160. The van der Waals surface area contributed by atoms with Crippen molar-refractivity contribution in [1.29, 1.82) is 0 Å². The normalized spacial score (nSPS) is 12.3. The maximum absolute atomic E-state index is 12.9. The van der Waals surface area contributed by atoms with Crippen molar-refractivity contribution in [2.24, 2.45) is 0 Å². The Kier molecular flexibility index (Phi) is 9.09. The highest BCUT2D eigenvalue weighted by atomic mass is 35.5. The first kappa shape index (κ1) is 24.6. The van der Waals surface area contributed by atoms with E-state index in [1.807, 2.05) is 6.92 Å². The van der Waals surface area contributed by atoms with E-state index in [4.69, 9.17) is 49.0 Å². The summed E-state index contributed by atoms with van der Waals surface area (Å²) in [5.41, 5.74) is 0. The number of hydrogen-bond donors (Lipinski definition) is 0. The number of halogens is 3. The lowest BCUT2D eigenvalue weighted by Crippen LogP contribution is -2.25. The molecule has 0 N–H and O–H groups in total. The molecule has 0 aromatic heterocycles. The Morgan fingerprint density at radius 1 is 1.03 bits per heavy atom. The van der Waals surface area contributed by atoms with Gasteiger partial charge in [-0.25, -0.2) is 8.42 Å². The van der Waals surface area contributed by atoms with Crippen LogP contribution >= 0.6 is 34.8 Å². The zero-order valence-corrected chi connectivity index (χ0v) is 19.4. The van der Waals surface area contributed by atoms with Gasteiger partial charge in [-0.15, -0.1) is 11.6 Å². The second-order valence-electron chi connectivity index (χ2n) is 6.24. The van der Waals surface area contributed by atoms with Gasteiger partial charge in [0.1, 0.15) is 18.5 Å². The Balaban J connectivity index is 2.23. The van der Waals surface area contributed by atoms with Gasteiger partial charge in [-0.3, -0.25) is 4.79 Å². The largest absolute Gasteiger partial charge is 0.494 e. The van der Waals surface area contributed by atoms with Crippen molar-refractivity contribution >= 4 is 50.6 Å². The molecule has 0 spiro atoms. The molecule has 2 rings (SSSR count). The monoisotopic (exact) mass is 494 g/mol. The second-order valence-corrected chi connectivity index (χ2v) is 9.31. The molecule has 2 aromatic rings. The van der Waals surface area contributed by atoms with Crippen LogP contribution in [-0.2, 0) is 19.4 Å². The number of ether oxygens (including phenoxy) is 3. The van der Waals surface area contributed by atoms with Gasteiger partial charge in [0, 0.05) is 6.92 Å². The average Bonchev–Trinajstić information content (AvgIpc) is 2.70. The van der Waals surface area contributed by atoms with Crippen LogP contribution in [0.25, 0.3) is 0 Å². The van der Waals surface area contributed by atoms with Crippen molar-refractivity contribution in [2.75, 3.05) is 19.1 Å². The molecular weight excluding hydrogens is 475 g/mol.